The van der Waals surface area contributed by atoms with E-state index in [9.17, 15) is 4.79 Å². The molecule has 9 heteroatoms. The summed E-state index contributed by atoms with van der Waals surface area (Å²) in [6.45, 7) is 9.86. The Bertz CT molecular complexity index is 2040. The SMILES string of the molecule is CCOC(=O)Cc1ccc(N(Cc2ccc(Sc3nnc(-c4ccc(C(C)(C)C)cc4)n3-c3ccc(Cl)cc3)cc2)OCCc2ccccc2)cc1. The highest BCUT2D eigenvalue weighted by Gasteiger charge is 2.19. The summed E-state index contributed by atoms with van der Waals surface area (Å²) in [6.07, 6.45) is 1.02. The van der Waals surface area contributed by atoms with Gasteiger partial charge in [-0.25, -0.2) is 5.06 Å². The van der Waals surface area contributed by atoms with Gasteiger partial charge in [-0.15, -0.1) is 10.2 Å². The molecule has 0 aliphatic rings. The van der Waals surface area contributed by atoms with Crippen molar-refractivity contribution in [1.82, 2.24) is 14.8 Å². The van der Waals surface area contributed by atoms with Crippen LogP contribution >= 0.6 is 23.4 Å². The molecule has 1 heterocycles. The number of carbonyl (C=O) groups excluding carboxylic acids is 1. The maximum atomic E-state index is 12.0. The van der Waals surface area contributed by atoms with Crippen LogP contribution in [0.25, 0.3) is 17.1 Å². The van der Waals surface area contributed by atoms with Crippen LogP contribution in [0.1, 0.15) is 49.9 Å². The molecule has 1 aromatic heterocycles. The largest absolute Gasteiger partial charge is 0.466 e. The van der Waals surface area contributed by atoms with Crippen molar-refractivity contribution >= 4 is 35.0 Å². The first-order chi connectivity index (χ1) is 25.2. The zero-order chi connectivity index (χ0) is 36.5. The third kappa shape index (κ3) is 9.70. The van der Waals surface area contributed by atoms with Crippen LogP contribution in [0.4, 0.5) is 5.69 Å². The van der Waals surface area contributed by atoms with Gasteiger partial charge in [0, 0.05) is 21.2 Å². The van der Waals surface area contributed by atoms with Crippen LogP contribution in [0.5, 0.6) is 0 Å². The lowest BCUT2D eigenvalue weighted by Crippen LogP contribution is -2.24. The summed E-state index contributed by atoms with van der Waals surface area (Å²) in [5, 5.41) is 12.6. The van der Waals surface area contributed by atoms with Gasteiger partial charge in [-0.2, -0.15) is 0 Å². The minimum atomic E-state index is -0.235. The number of rotatable bonds is 14. The maximum absolute atomic E-state index is 12.0. The van der Waals surface area contributed by atoms with Crippen molar-refractivity contribution in [3.8, 4) is 17.1 Å². The zero-order valence-corrected chi connectivity index (χ0v) is 31.5. The van der Waals surface area contributed by atoms with Crippen LogP contribution in [0, 0.1) is 0 Å². The van der Waals surface area contributed by atoms with Crippen molar-refractivity contribution in [3.63, 3.8) is 0 Å². The van der Waals surface area contributed by atoms with Crippen LogP contribution in [0.3, 0.4) is 0 Å². The van der Waals surface area contributed by atoms with Gasteiger partial charge in [0.1, 0.15) is 0 Å². The molecule has 0 spiro atoms. The number of benzene rings is 5. The first-order valence-electron chi connectivity index (χ1n) is 17.4. The molecule has 0 N–H and O–H groups in total. The van der Waals surface area contributed by atoms with Crippen LogP contribution in [-0.4, -0.2) is 33.9 Å². The van der Waals surface area contributed by atoms with Crippen molar-refractivity contribution < 1.29 is 14.4 Å². The molecule has 0 fully saturated rings. The predicted octanol–water partition coefficient (Wildman–Crippen LogP) is 10.3. The van der Waals surface area contributed by atoms with Crippen LogP contribution in [-0.2, 0) is 39.2 Å². The third-order valence-corrected chi connectivity index (χ3v) is 9.75. The molecule has 7 nitrogen and oxygen atoms in total. The Morgan fingerprint density at radius 3 is 2.12 bits per heavy atom. The quantitative estimate of drug-likeness (QED) is 0.0816. The Kier molecular flexibility index (Phi) is 12.1. The van der Waals surface area contributed by atoms with Crippen molar-refractivity contribution in [2.24, 2.45) is 0 Å². The van der Waals surface area contributed by atoms with Crippen molar-refractivity contribution in [1.29, 1.82) is 0 Å². The summed E-state index contributed by atoms with van der Waals surface area (Å²) in [6, 6.07) is 42.9. The van der Waals surface area contributed by atoms with E-state index in [0.29, 0.717) is 24.8 Å². The zero-order valence-electron chi connectivity index (χ0n) is 30.0. The lowest BCUT2D eigenvalue weighted by Gasteiger charge is -2.24. The first kappa shape index (κ1) is 36.9. The van der Waals surface area contributed by atoms with Crippen molar-refractivity contribution in [2.45, 2.75) is 62.5 Å². The van der Waals surface area contributed by atoms with Crippen LogP contribution in [0.2, 0.25) is 5.02 Å². The van der Waals surface area contributed by atoms with Gasteiger partial charge in [-0.1, -0.05) is 111 Å². The Labute approximate surface area is 315 Å². The monoisotopic (exact) mass is 730 g/mol. The molecular formula is C43H43ClN4O3S. The molecular weight excluding hydrogens is 688 g/mol. The fourth-order valence-electron chi connectivity index (χ4n) is 5.69. The van der Waals surface area contributed by atoms with Crippen LogP contribution < -0.4 is 5.06 Å². The molecule has 0 saturated heterocycles. The number of carbonyl (C=O) groups is 1. The van der Waals surface area contributed by atoms with E-state index in [1.807, 2.05) is 78.7 Å². The molecule has 0 unspecified atom stereocenters. The highest BCUT2D eigenvalue weighted by molar-refractivity contribution is 7.99. The van der Waals surface area contributed by atoms with Gasteiger partial charge in [0.15, 0.2) is 5.82 Å². The highest BCUT2D eigenvalue weighted by Crippen LogP contribution is 2.34. The van der Waals surface area contributed by atoms with Crippen molar-refractivity contribution in [3.05, 3.63) is 155 Å². The van der Waals surface area contributed by atoms with Gasteiger partial charge in [0.25, 0.3) is 0 Å². The summed E-state index contributed by atoms with van der Waals surface area (Å²) >= 11 is 7.82. The molecule has 0 amide bonds. The molecule has 0 atom stereocenters. The molecule has 0 aliphatic heterocycles. The summed E-state index contributed by atoms with van der Waals surface area (Å²) in [7, 11) is 0. The minimum Gasteiger partial charge on any atom is -0.466 e. The first-order valence-corrected chi connectivity index (χ1v) is 18.6. The number of anilines is 1. The Morgan fingerprint density at radius 2 is 1.46 bits per heavy atom. The van der Waals surface area contributed by atoms with E-state index in [0.717, 1.165) is 50.4 Å². The number of hydrogen-bond acceptors (Lipinski definition) is 7. The van der Waals surface area contributed by atoms with E-state index in [1.54, 1.807) is 11.8 Å². The van der Waals surface area contributed by atoms with E-state index in [1.165, 1.54) is 11.1 Å². The van der Waals surface area contributed by atoms with Gasteiger partial charge < -0.3 is 4.74 Å². The standard InChI is InChI=1S/C43H43ClN4O3S/c1-5-50-40(49)29-32-11-21-37(22-12-32)47(51-28-27-31-9-7-6-8-10-31)30-33-13-25-39(26-14-33)52-42-46-45-41(48(42)38-23-19-36(44)20-24-38)34-15-17-35(18-16-34)43(2,3)4/h6-26H,5,27-30H2,1-4H3. The number of ether oxygens (including phenoxy) is 1. The average molecular weight is 731 g/mol. The minimum absolute atomic E-state index is 0.0524. The molecule has 0 radical (unpaired) electrons. The molecule has 52 heavy (non-hydrogen) atoms. The number of hydroxylamine groups is 1. The van der Waals surface area contributed by atoms with Gasteiger partial charge in [-0.3, -0.25) is 14.2 Å². The molecule has 0 saturated carbocycles. The van der Waals surface area contributed by atoms with E-state index in [4.69, 9.17) is 21.2 Å². The fraction of sp³-hybridized carbons (Fsp3) is 0.233. The van der Waals surface area contributed by atoms with Gasteiger partial charge in [0.05, 0.1) is 31.9 Å². The Morgan fingerprint density at radius 1 is 0.788 bits per heavy atom. The second-order valence-electron chi connectivity index (χ2n) is 13.4. The van der Waals surface area contributed by atoms with Crippen LogP contribution in [0.15, 0.2) is 137 Å². The van der Waals surface area contributed by atoms with E-state index >= 15 is 0 Å². The summed E-state index contributed by atoms with van der Waals surface area (Å²) < 4.78 is 7.20. The Balaban J connectivity index is 1.21. The van der Waals surface area contributed by atoms with E-state index in [-0.39, 0.29) is 17.8 Å². The molecule has 6 aromatic rings. The molecule has 0 bridgehead atoms. The number of halogens is 1. The average Bonchev–Trinajstić information content (AvgIpc) is 3.56. The number of hydrogen-bond donors (Lipinski definition) is 0. The molecule has 266 valence electrons. The summed E-state index contributed by atoms with van der Waals surface area (Å²) in [5.41, 5.74) is 7.32. The molecule has 5 aromatic carbocycles. The van der Waals surface area contributed by atoms with Gasteiger partial charge in [-0.05, 0) is 101 Å². The number of aromatic nitrogens is 3. The third-order valence-electron chi connectivity index (χ3n) is 8.54. The predicted molar refractivity (Wildman–Crippen MR) is 210 cm³/mol. The van der Waals surface area contributed by atoms with Gasteiger partial charge >= 0.3 is 5.97 Å². The number of nitrogens with zero attached hydrogens (tertiary/aromatic N) is 4. The summed E-state index contributed by atoms with van der Waals surface area (Å²) in [5.74, 6) is 0.528. The maximum Gasteiger partial charge on any atom is 0.310 e. The topological polar surface area (TPSA) is 69.5 Å². The second kappa shape index (κ2) is 17.1. The van der Waals surface area contributed by atoms with E-state index < -0.39 is 0 Å². The van der Waals surface area contributed by atoms with Crippen molar-refractivity contribution in [2.75, 3.05) is 18.3 Å². The highest BCUT2D eigenvalue weighted by atomic mass is 35.5. The number of esters is 1. The van der Waals surface area contributed by atoms with E-state index in [2.05, 4.69) is 96.2 Å². The lowest BCUT2D eigenvalue weighted by molar-refractivity contribution is -0.142. The molecule has 6 rings (SSSR count). The Hall–Kier alpha value is -4.89. The normalized spacial score (nSPS) is 11.4. The summed E-state index contributed by atoms with van der Waals surface area (Å²) in [4.78, 5) is 19.4. The lowest BCUT2D eigenvalue weighted by atomic mass is 9.87. The smallest absolute Gasteiger partial charge is 0.310 e. The molecule has 0 aliphatic carbocycles. The second-order valence-corrected chi connectivity index (χ2v) is 14.9. The van der Waals surface area contributed by atoms with Gasteiger partial charge in [0.2, 0.25) is 5.16 Å². The fourth-order valence-corrected chi connectivity index (χ4v) is 6.66.